The molecule has 0 saturated heterocycles. The molecule has 0 radical (unpaired) electrons. The zero-order valence-electron chi connectivity index (χ0n) is 10.5. The summed E-state index contributed by atoms with van der Waals surface area (Å²) in [6.45, 7) is 1.61. The molecule has 1 amide bonds. The standard InChI is InChI=1S/C13H14N4O2/c1-9-6-7-13(19)17(16-9)8-12(18)15-11-5-3-2-4-10(11)14/h2-7H,8,14H2,1H3,(H,15,18). The highest BCUT2D eigenvalue weighted by Crippen LogP contribution is 2.16. The van der Waals surface area contributed by atoms with Gasteiger partial charge in [-0.25, -0.2) is 4.68 Å². The molecule has 6 nitrogen and oxygen atoms in total. The molecular weight excluding hydrogens is 244 g/mol. The molecule has 0 saturated carbocycles. The van der Waals surface area contributed by atoms with Crippen molar-refractivity contribution >= 4 is 17.3 Å². The molecule has 1 heterocycles. The van der Waals surface area contributed by atoms with Crippen LogP contribution >= 0.6 is 0 Å². The molecule has 1 aromatic carbocycles. The second-order valence-corrected chi connectivity index (χ2v) is 4.11. The smallest absolute Gasteiger partial charge is 0.267 e. The van der Waals surface area contributed by atoms with Crippen LogP contribution in [0.15, 0.2) is 41.2 Å². The highest BCUT2D eigenvalue weighted by molar-refractivity contribution is 5.93. The summed E-state index contributed by atoms with van der Waals surface area (Å²) in [5.41, 5.74) is 7.07. The minimum atomic E-state index is -0.349. The van der Waals surface area contributed by atoms with Gasteiger partial charge in [-0.05, 0) is 25.1 Å². The summed E-state index contributed by atoms with van der Waals surface area (Å²) in [5.74, 6) is -0.349. The lowest BCUT2D eigenvalue weighted by molar-refractivity contribution is -0.117. The highest BCUT2D eigenvalue weighted by Gasteiger charge is 2.07. The van der Waals surface area contributed by atoms with E-state index in [4.69, 9.17) is 5.73 Å². The van der Waals surface area contributed by atoms with Crippen LogP contribution in [0.1, 0.15) is 5.69 Å². The number of nitrogens with one attached hydrogen (secondary N) is 1. The number of carbonyl (C=O) groups excluding carboxylic acids is 1. The molecule has 0 aliphatic rings. The van der Waals surface area contributed by atoms with Gasteiger partial charge in [0.1, 0.15) is 6.54 Å². The van der Waals surface area contributed by atoms with Gasteiger partial charge >= 0.3 is 0 Å². The van der Waals surface area contributed by atoms with Crippen molar-refractivity contribution in [3.63, 3.8) is 0 Å². The molecule has 98 valence electrons. The lowest BCUT2D eigenvalue weighted by atomic mass is 10.2. The molecule has 0 spiro atoms. The first-order valence-electron chi connectivity index (χ1n) is 5.75. The average Bonchev–Trinajstić information content (AvgIpc) is 2.37. The van der Waals surface area contributed by atoms with E-state index in [9.17, 15) is 9.59 Å². The largest absolute Gasteiger partial charge is 0.397 e. The Bertz CT molecular complexity index is 664. The summed E-state index contributed by atoms with van der Waals surface area (Å²) in [5, 5.41) is 6.63. The van der Waals surface area contributed by atoms with Gasteiger partial charge in [0.05, 0.1) is 17.1 Å². The number of nitrogens with zero attached hydrogens (tertiary/aromatic N) is 2. The number of hydrogen-bond donors (Lipinski definition) is 2. The van der Waals surface area contributed by atoms with E-state index in [1.807, 2.05) is 0 Å². The number of aryl methyl sites for hydroxylation is 1. The zero-order chi connectivity index (χ0) is 13.8. The molecule has 0 fully saturated rings. The Morgan fingerprint density at radius 1 is 1.32 bits per heavy atom. The van der Waals surface area contributed by atoms with Crippen LogP contribution < -0.4 is 16.6 Å². The monoisotopic (exact) mass is 258 g/mol. The summed E-state index contributed by atoms with van der Waals surface area (Å²) < 4.78 is 1.11. The van der Waals surface area contributed by atoms with Crippen molar-refractivity contribution in [1.82, 2.24) is 9.78 Å². The third-order valence-electron chi connectivity index (χ3n) is 2.53. The SMILES string of the molecule is Cc1ccc(=O)n(CC(=O)Nc2ccccc2N)n1. The number of amides is 1. The molecule has 0 atom stereocenters. The van der Waals surface area contributed by atoms with Gasteiger partial charge < -0.3 is 11.1 Å². The van der Waals surface area contributed by atoms with Gasteiger partial charge in [-0.15, -0.1) is 0 Å². The van der Waals surface area contributed by atoms with Crippen LogP contribution in [-0.4, -0.2) is 15.7 Å². The molecule has 0 bridgehead atoms. The van der Waals surface area contributed by atoms with Gasteiger partial charge in [0.15, 0.2) is 0 Å². The summed E-state index contributed by atoms with van der Waals surface area (Å²) in [6, 6.07) is 9.91. The molecule has 2 aromatic rings. The minimum absolute atomic E-state index is 0.144. The second-order valence-electron chi connectivity index (χ2n) is 4.11. The van der Waals surface area contributed by atoms with Crippen LogP contribution in [-0.2, 0) is 11.3 Å². The predicted molar refractivity (Wildman–Crippen MR) is 72.7 cm³/mol. The third-order valence-corrected chi connectivity index (χ3v) is 2.53. The van der Waals surface area contributed by atoms with E-state index in [0.29, 0.717) is 17.1 Å². The number of nitrogen functional groups attached to an aromatic ring is 1. The molecule has 6 heteroatoms. The van der Waals surface area contributed by atoms with Crippen molar-refractivity contribution in [1.29, 1.82) is 0 Å². The van der Waals surface area contributed by atoms with E-state index < -0.39 is 0 Å². The van der Waals surface area contributed by atoms with Gasteiger partial charge in [0.25, 0.3) is 5.56 Å². The number of rotatable bonds is 3. The number of benzene rings is 1. The Hall–Kier alpha value is -2.63. The number of hydrogen-bond acceptors (Lipinski definition) is 4. The van der Waals surface area contributed by atoms with Gasteiger partial charge in [-0.1, -0.05) is 12.1 Å². The van der Waals surface area contributed by atoms with Crippen molar-refractivity contribution in [3.05, 3.63) is 52.4 Å². The predicted octanol–water partition coefficient (Wildman–Crippen LogP) is 0.773. The van der Waals surface area contributed by atoms with Crippen molar-refractivity contribution in [3.8, 4) is 0 Å². The maximum absolute atomic E-state index is 11.8. The number of nitrogens with two attached hydrogens (primary N) is 1. The highest BCUT2D eigenvalue weighted by atomic mass is 16.2. The fourth-order valence-electron chi connectivity index (χ4n) is 1.60. The quantitative estimate of drug-likeness (QED) is 0.796. The lowest BCUT2D eigenvalue weighted by Crippen LogP contribution is -2.29. The number of para-hydroxylation sites is 2. The fraction of sp³-hybridized carbons (Fsp3) is 0.154. The van der Waals surface area contributed by atoms with E-state index in [1.165, 1.54) is 6.07 Å². The fourth-order valence-corrected chi connectivity index (χ4v) is 1.60. The number of aromatic nitrogens is 2. The van der Waals surface area contributed by atoms with Crippen LogP contribution in [0.4, 0.5) is 11.4 Å². The summed E-state index contributed by atoms with van der Waals surface area (Å²) >= 11 is 0. The Labute approximate surface area is 109 Å². The van der Waals surface area contributed by atoms with Crippen LogP contribution in [0.25, 0.3) is 0 Å². The summed E-state index contributed by atoms with van der Waals surface area (Å²) in [6.07, 6.45) is 0. The Balaban J connectivity index is 2.12. The number of carbonyl (C=O) groups is 1. The summed E-state index contributed by atoms with van der Waals surface area (Å²) in [4.78, 5) is 23.4. The van der Waals surface area contributed by atoms with Crippen LogP contribution in [0.2, 0.25) is 0 Å². The van der Waals surface area contributed by atoms with Gasteiger partial charge in [-0.2, -0.15) is 5.10 Å². The first-order chi connectivity index (χ1) is 9.06. The Morgan fingerprint density at radius 3 is 2.79 bits per heavy atom. The van der Waals surface area contributed by atoms with E-state index in [-0.39, 0.29) is 18.0 Å². The van der Waals surface area contributed by atoms with E-state index in [1.54, 1.807) is 37.3 Å². The topological polar surface area (TPSA) is 90.0 Å². The molecule has 0 unspecified atom stereocenters. The maximum Gasteiger partial charge on any atom is 0.267 e. The third kappa shape index (κ3) is 3.19. The molecule has 19 heavy (non-hydrogen) atoms. The van der Waals surface area contributed by atoms with Crippen LogP contribution in [0, 0.1) is 6.92 Å². The molecule has 2 rings (SSSR count). The van der Waals surface area contributed by atoms with E-state index in [0.717, 1.165) is 4.68 Å². The second kappa shape index (κ2) is 5.34. The Morgan fingerprint density at radius 2 is 2.05 bits per heavy atom. The lowest BCUT2D eigenvalue weighted by Gasteiger charge is -2.08. The molecular formula is C13H14N4O2. The summed E-state index contributed by atoms with van der Waals surface area (Å²) in [7, 11) is 0. The molecule has 1 aromatic heterocycles. The van der Waals surface area contributed by atoms with Crippen molar-refractivity contribution in [2.45, 2.75) is 13.5 Å². The van der Waals surface area contributed by atoms with Crippen molar-refractivity contribution < 1.29 is 4.79 Å². The van der Waals surface area contributed by atoms with E-state index >= 15 is 0 Å². The minimum Gasteiger partial charge on any atom is -0.397 e. The van der Waals surface area contributed by atoms with Gasteiger partial charge in [0.2, 0.25) is 5.91 Å². The first kappa shape index (κ1) is 12.8. The van der Waals surface area contributed by atoms with Crippen molar-refractivity contribution in [2.24, 2.45) is 0 Å². The van der Waals surface area contributed by atoms with Crippen LogP contribution in [0.3, 0.4) is 0 Å². The maximum atomic E-state index is 11.8. The molecule has 0 aliphatic carbocycles. The van der Waals surface area contributed by atoms with Gasteiger partial charge in [0, 0.05) is 6.07 Å². The first-order valence-corrected chi connectivity index (χ1v) is 5.75. The van der Waals surface area contributed by atoms with Gasteiger partial charge in [-0.3, -0.25) is 9.59 Å². The van der Waals surface area contributed by atoms with Crippen LogP contribution in [0.5, 0.6) is 0 Å². The Kier molecular flexibility index (Phi) is 3.61. The zero-order valence-corrected chi connectivity index (χ0v) is 10.5. The van der Waals surface area contributed by atoms with E-state index in [2.05, 4.69) is 10.4 Å². The number of anilines is 2. The van der Waals surface area contributed by atoms with Crippen molar-refractivity contribution in [2.75, 3.05) is 11.1 Å². The molecule has 3 N–H and O–H groups in total. The molecule has 0 aliphatic heterocycles. The normalized spacial score (nSPS) is 10.2. The average molecular weight is 258 g/mol.